The van der Waals surface area contributed by atoms with E-state index in [1.807, 2.05) is 0 Å². The fourth-order valence-electron chi connectivity index (χ4n) is 1.27. The fourth-order valence-corrected chi connectivity index (χ4v) is 2.03. The highest BCUT2D eigenvalue weighted by Gasteiger charge is 2.25. The number of nitro benzene ring substituents is 2. The molecule has 1 heterocycles. The standard InChI is InChI=1S/C7H2N2O7S/c10-5-2(8(12)13)1-3-6(4(5)9(14)15)17-7(11)16-3/h1,10H/p-1. The zero-order valence-electron chi connectivity index (χ0n) is 7.74. The summed E-state index contributed by atoms with van der Waals surface area (Å²) in [7, 11) is 0. The molecule has 0 aliphatic heterocycles. The smallest absolute Gasteiger partial charge is 0.396 e. The molecule has 2 aromatic rings. The molecule has 10 heteroatoms. The quantitative estimate of drug-likeness (QED) is 0.570. The highest BCUT2D eigenvalue weighted by molar-refractivity contribution is 7.16. The summed E-state index contributed by atoms with van der Waals surface area (Å²) >= 11 is 0.355. The Labute approximate surface area is 94.8 Å². The van der Waals surface area contributed by atoms with Crippen molar-refractivity contribution in [2.75, 3.05) is 0 Å². The molecule has 0 radical (unpaired) electrons. The van der Waals surface area contributed by atoms with Crippen LogP contribution in [0.25, 0.3) is 10.3 Å². The van der Waals surface area contributed by atoms with E-state index < -0.39 is 31.9 Å². The monoisotopic (exact) mass is 257 g/mol. The van der Waals surface area contributed by atoms with Gasteiger partial charge in [-0.15, -0.1) is 0 Å². The topological polar surface area (TPSA) is 140 Å². The third-order valence-electron chi connectivity index (χ3n) is 1.91. The average Bonchev–Trinajstić information content (AvgIpc) is 2.55. The Balaban J connectivity index is 2.99. The van der Waals surface area contributed by atoms with Gasteiger partial charge in [-0.25, -0.2) is 4.79 Å². The van der Waals surface area contributed by atoms with Gasteiger partial charge in [-0.3, -0.25) is 20.2 Å². The maximum Gasteiger partial charge on any atom is 0.396 e. The number of fused-ring (bicyclic) bond motifs is 1. The van der Waals surface area contributed by atoms with Crippen molar-refractivity contribution in [2.24, 2.45) is 0 Å². The van der Waals surface area contributed by atoms with Crippen LogP contribution in [0.4, 0.5) is 11.4 Å². The van der Waals surface area contributed by atoms with Crippen molar-refractivity contribution in [3.8, 4) is 5.75 Å². The van der Waals surface area contributed by atoms with E-state index in [1.54, 1.807) is 0 Å². The largest absolute Gasteiger partial charge is 0.863 e. The number of hydrogen-bond acceptors (Lipinski definition) is 8. The SMILES string of the molecule is O=c1oc2cc([N+](=O)[O-])c([O-])c([N+](=O)[O-])c2s1. The van der Waals surface area contributed by atoms with Crippen LogP contribution >= 0.6 is 11.3 Å². The Kier molecular flexibility index (Phi) is 2.28. The van der Waals surface area contributed by atoms with Gasteiger partial charge in [0.1, 0.15) is 0 Å². The second-order valence-corrected chi connectivity index (χ2v) is 3.81. The Morgan fingerprint density at radius 2 is 1.88 bits per heavy atom. The maximum absolute atomic E-state index is 11.5. The van der Waals surface area contributed by atoms with E-state index in [-0.39, 0.29) is 10.3 Å². The van der Waals surface area contributed by atoms with Crippen LogP contribution in [0.15, 0.2) is 15.3 Å². The van der Waals surface area contributed by atoms with Gasteiger partial charge in [0.25, 0.3) is 11.4 Å². The molecule has 88 valence electrons. The van der Waals surface area contributed by atoms with Crippen LogP contribution < -0.4 is 10.0 Å². The van der Waals surface area contributed by atoms with Crippen molar-refractivity contribution >= 4 is 33.0 Å². The third-order valence-corrected chi connectivity index (χ3v) is 2.76. The van der Waals surface area contributed by atoms with Crippen molar-refractivity contribution in [1.29, 1.82) is 0 Å². The van der Waals surface area contributed by atoms with Gasteiger partial charge in [0, 0.05) is 0 Å². The molecule has 9 nitrogen and oxygen atoms in total. The van der Waals surface area contributed by atoms with Gasteiger partial charge in [-0.05, 0) is 11.3 Å². The van der Waals surface area contributed by atoms with Crippen LogP contribution in [0.2, 0.25) is 0 Å². The van der Waals surface area contributed by atoms with E-state index in [2.05, 4.69) is 4.42 Å². The zero-order valence-corrected chi connectivity index (χ0v) is 8.55. The highest BCUT2D eigenvalue weighted by Crippen LogP contribution is 2.41. The molecule has 1 aromatic heterocycles. The summed E-state index contributed by atoms with van der Waals surface area (Å²) in [5.41, 5.74) is -2.34. The van der Waals surface area contributed by atoms with Crippen LogP contribution in [-0.2, 0) is 0 Å². The molecule has 0 amide bonds. The molecule has 1 aromatic carbocycles. The minimum absolute atomic E-state index is 0.296. The molecule has 0 aliphatic carbocycles. The summed E-state index contributed by atoms with van der Waals surface area (Å²) in [6.45, 7) is 0. The van der Waals surface area contributed by atoms with Crippen LogP contribution in [-0.4, -0.2) is 9.85 Å². The number of benzene rings is 1. The summed E-state index contributed by atoms with van der Waals surface area (Å²) in [5, 5.41) is 32.6. The lowest BCUT2D eigenvalue weighted by Crippen LogP contribution is -2.02. The van der Waals surface area contributed by atoms with E-state index in [0.717, 1.165) is 0 Å². The van der Waals surface area contributed by atoms with Gasteiger partial charge >= 0.3 is 4.94 Å². The average molecular weight is 257 g/mol. The van der Waals surface area contributed by atoms with E-state index in [0.29, 0.717) is 17.4 Å². The fraction of sp³-hybridized carbons (Fsp3) is 0. The Morgan fingerprint density at radius 3 is 2.41 bits per heavy atom. The Morgan fingerprint density at radius 1 is 1.24 bits per heavy atom. The van der Waals surface area contributed by atoms with Crippen LogP contribution in [0, 0.1) is 20.2 Å². The van der Waals surface area contributed by atoms with Gasteiger partial charge in [0.2, 0.25) is 0 Å². The number of hydrogen-bond donors (Lipinski definition) is 0. The Hall–Kier alpha value is -2.49. The minimum atomic E-state index is -1.34. The van der Waals surface area contributed by atoms with Gasteiger partial charge < -0.3 is 9.52 Å². The maximum atomic E-state index is 11.5. The van der Waals surface area contributed by atoms with E-state index in [4.69, 9.17) is 0 Å². The van der Waals surface area contributed by atoms with Gasteiger partial charge in [-0.2, -0.15) is 0 Å². The molecular weight excluding hydrogens is 256 g/mol. The molecule has 17 heavy (non-hydrogen) atoms. The first-order chi connectivity index (χ1) is 7.91. The molecule has 0 saturated carbocycles. The van der Waals surface area contributed by atoms with Crippen molar-refractivity contribution < 1.29 is 19.4 Å². The normalized spacial score (nSPS) is 10.6. The molecule has 0 unspecified atom stereocenters. The Bertz CT molecular complexity index is 700. The molecule has 0 bridgehead atoms. The zero-order chi connectivity index (χ0) is 12.7. The molecule has 0 spiro atoms. The van der Waals surface area contributed by atoms with E-state index in [9.17, 15) is 30.1 Å². The van der Waals surface area contributed by atoms with Crippen molar-refractivity contribution in [2.45, 2.75) is 0 Å². The summed E-state index contributed by atoms with van der Waals surface area (Å²) in [5.74, 6) is -1.34. The molecular formula is C7HN2O7S-. The summed E-state index contributed by atoms with van der Waals surface area (Å²) in [6, 6.07) is 0.711. The van der Waals surface area contributed by atoms with Crippen molar-refractivity contribution in [1.82, 2.24) is 0 Å². The van der Waals surface area contributed by atoms with Crippen molar-refractivity contribution in [3.05, 3.63) is 36.0 Å². The first-order valence-electron chi connectivity index (χ1n) is 3.98. The van der Waals surface area contributed by atoms with Crippen LogP contribution in [0.5, 0.6) is 5.75 Å². The molecule has 0 saturated heterocycles. The number of nitro groups is 2. The van der Waals surface area contributed by atoms with Crippen molar-refractivity contribution in [3.63, 3.8) is 0 Å². The van der Waals surface area contributed by atoms with Gasteiger partial charge in [-0.1, -0.05) is 0 Å². The van der Waals surface area contributed by atoms with Crippen LogP contribution in [0.1, 0.15) is 0 Å². The van der Waals surface area contributed by atoms with Crippen LogP contribution in [0.3, 0.4) is 0 Å². The second-order valence-electron chi connectivity index (χ2n) is 2.87. The number of rotatable bonds is 2. The highest BCUT2D eigenvalue weighted by atomic mass is 32.1. The molecule has 0 N–H and O–H groups in total. The molecule has 0 atom stereocenters. The summed E-state index contributed by atoms with van der Waals surface area (Å²) in [4.78, 5) is 29.1. The predicted molar refractivity (Wildman–Crippen MR) is 53.1 cm³/mol. The minimum Gasteiger partial charge on any atom is -0.863 e. The lowest BCUT2D eigenvalue weighted by molar-refractivity contribution is -0.414. The first-order valence-corrected chi connectivity index (χ1v) is 4.80. The first kappa shape index (κ1) is 11.0. The molecule has 0 aliphatic rings. The lowest BCUT2D eigenvalue weighted by Gasteiger charge is -2.06. The molecule has 0 fully saturated rings. The number of nitrogens with zero attached hydrogens (tertiary/aromatic N) is 2. The van der Waals surface area contributed by atoms with E-state index in [1.165, 1.54) is 0 Å². The summed E-state index contributed by atoms with van der Waals surface area (Å²) in [6.07, 6.45) is 0. The summed E-state index contributed by atoms with van der Waals surface area (Å²) < 4.78 is 4.22. The van der Waals surface area contributed by atoms with E-state index >= 15 is 0 Å². The third kappa shape index (κ3) is 1.59. The second kappa shape index (κ2) is 3.52. The lowest BCUT2D eigenvalue weighted by atomic mass is 10.2. The molecule has 2 rings (SSSR count). The van der Waals surface area contributed by atoms with Gasteiger partial charge in [0.15, 0.2) is 10.3 Å². The predicted octanol–water partition coefficient (Wildman–Crippen LogP) is 0.744. The van der Waals surface area contributed by atoms with Gasteiger partial charge in [0.05, 0.1) is 21.7 Å².